The van der Waals surface area contributed by atoms with Crippen molar-refractivity contribution >= 4 is 0 Å². The van der Waals surface area contributed by atoms with Gasteiger partial charge in [-0.2, -0.15) is 0 Å². The number of rotatable bonds is 5. The highest BCUT2D eigenvalue weighted by Crippen LogP contribution is 2.03. The number of hydrogen-bond donors (Lipinski definition) is 3. The molecule has 0 spiro atoms. The Balaban J connectivity index is 3.12. The summed E-state index contributed by atoms with van der Waals surface area (Å²) in [6, 6.07) is 0. The molecular weight excluding hydrogens is 126 g/mol. The molecule has 0 radical (unpaired) electrons. The second-order valence-electron chi connectivity index (χ2n) is 2.97. The molecule has 0 aromatic rings. The Morgan fingerprint density at radius 3 is 2.30 bits per heavy atom. The monoisotopic (exact) mass is 145 g/mol. The molecule has 3 nitrogen and oxygen atoms in total. The predicted molar refractivity (Wildman–Crippen MR) is 44.2 cm³/mol. The molecule has 0 aromatic heterocycles. The molecule has 0 saturated carbocycles. The van der Waals surface area contributed by atoms with Gasteiger partial charge in [-0.1, -0.05) is 13.8 Å². The molecule has 0 bridgehead atoms. The van der Waals surface area contributed by atoms with Crippen LogP contribution >= 0.6 is 0 Å². The molecule has 4 N–H and O–H groups in total. The molecule has 0 amide bonds. The van der Waals surface area contributed by atoms with E-state index in [1.54, 1.807) is 0 Å². The number of nitrogens with two attached hydrogens (primary N) is 1. The Morgan fingerprint density at radius 2 is 1.90 bits per heavy atom. The molecule has 1 unspecified atom stereocenters. The summed E-state index contributed by atoms with van der Waals surface area (Å²) in [5, 5.41) is 0. The highest BCUT2D eigenvalue weighted by atomic mass is 15.4. The Morgan fingerprint density at radius 1 is 1.30 bits per heavy atom. The van der Waals surface area contributed by atoms with Crippen LogP contribution < -0.4 is 16.6 Å². The third-order valence-electron chi connectivity index (χ3n) is 1.38. The van der Waals surface area contributed by atoms with Gasteiger partial charge in [0.1, 0.15) is 0 Å². The Hall–Kier alpha value is -0.120. The zero-order valence-corrected chi connectivity index (χ0v) is 7.15. The van der Waals surface area contributed by atoms with E-state index in [-0.39, 0.29) is 6.17 Å². The maximum atomic E-state index is 5.66. The van der Waals surface area contributed by atoms with Crippen molar-refractivity contribution in [2.24, 2.45) is 11.7 Å². The SMILES string of the molecule is CNNC(N)CCC(C)C. The van der Waals surface area contributed by atoms with Gasteiger partial charge in [0.05, 0.1) is 6.17 Å². The first-order valence-electron chi connectivity index (χ1n) is 3.84. The zero-order valence-electron chi connectivity index (χ0n) is 7.15. The summed E-state index contributed by atoms with van der Waals surface area (Å²) >= 11 is 0. The summed E-state index contributed by atoms with van der Waals surface area (Å²) in [5.41, 5.74) is 11.4. The van der Waals surface area contributed by atoms with Crippen LogP contribution in [0.2, 0.25) is 0 Å². The van der Waals surface area contributed by atoms with E-state index in [2.05, 4.69) is 24.7 Å². The van der Waals surface area contributed by atoms with Crippen LogP contribution in [0.25, 0.3) is 0 Å². The molecule has 1 atom stereocenters. The highest BCUT2D eigenvalue weighted by molar-refractivity contribution is 4.56. The Bertz CT molecular complexity index is 73.3. The van der Waals surface area contributed by atoms with E-state index in [0.29, 0.717) is 0 Å². The second kappa shape index (κ2) is 5.65. The fraction of sp³-hybridized carbons (Fsp3) is 1.00. The summed E-state index contributed by atoms with van der Waals surface area (Å²) in [4.78, 5) is 0. The third kappa shape index (κ3) is 6.01. The van der Waals surface area contributed by atoms with Crippen molar-refractivity contribution in [3.05, 3.63) is 0 Å². The number of hydrogen-bond acceptors (Lipinski definition) is 3. The van der Waals surface area contributed by atoms with Crippen LogP contribution in [0.4, 0.5) is 0 Å². The standard InChI is InChI=1S/C7H19N3/c1-6(2)4-5-7(8)10-9-3/h6-7,9-10H,4-5,8H2,1-3H3. The molecule has 0 fully saturated rings. The van der Waals surface area contributed by atoms with Gasteiger partial charge in [-0.3, -0.25) is 5.43 Å². The summed E-state index contributed by atoms with van der Waals surface area (Å²) in [6.45, 7) is 4.40. The van der Waals surface area contributed by atoms with E-state index in [1.807, 2.05) is 7.05 Å². The topological polar surface area (TPSA) is 50.1 Å². The first kappa shape index (κ1) is 9.88. The average molecular weight is 145 g/mol. The highest BCUT2D eigenvalue weighted by Gasteiger charge is 2.00. The zero-order chi connectivity index (χ0) is 7.98. The summed E-state index contributed by atoms with van der Waals surface area (Å²) in [6.07, 6.45) is 2.29. The van der Waals surface area contributed by atoms with Gasteiger partial charge in [0.25, 0.3) is 0 Å². The minimum atomic E-state index is 0.0902. The molecule has 10 heavy (non-hydrogen) atoms. The van der Waals surface area contributed by atoms with Gasteiger partial charge in [-0.15, -0.1) is 0 Å². The Labute approximate surface area is 63.3 Å². The summed E-state index contributed by atoms with van der Waals surface area (Å²) in [7, 11) is 1.83. The van der Waals surface area contributed by atoms with Crippen molar-refractivity contribution in [3.63, 3.8) is 0 Å². The van der Waals surface area contributed by atoms with E-state index in [1.165, 1.54) is 6.42 Å². The van der Waals surface area contributed by atoms with Crippen molar-refractivity contribution < 1.29 is 0 Å². The molecular formula is C7H19N3. The Kier molecular flexibility index (Phi) is 5.58. The smallest absolute Gasteiger partial charge is 0.0679 e. The van der Waals surface area contributed by atoms with Crippen LogP contribution in [0, 0.1) is 5.92 Å². The fourth-order valence-corrected chi connectivity index (χ4v) is 0.770. The van der Waals surface area contributed by atoms with Crippen LogP contribution in [0.1, 0.15) is 26.7 Å². The lowest BCUT2D eigenvalue weighted by atomic mass is 10.1. The van der Waals surface area contributed by atoms with Gasteiger partial charge >= 0.3 is 0 Å². The maximum Gasteiger partial charge on any atom is 0.0679 e. The maximum absolute atomic E-state index is 5.66. The van der Waals surface area contributed by atoms with Crippen LogP contribution in [0.5, 0.6) is 0 Å². The molecule has 0 aliphatic rings. The van der Waals surface area contributed by atoms with E-state index < -0.39 is 0 Å². The first-order chi connectivity index (χ1) is 4.66. The van der Waals surface area contributed by atoms with Crippen molar-refractivity contribution in [3.8, 4) is 0 Å². The largest absolute Gasteiger partial charge is 0.315 e. The molecule has 62 valence electrons. The van der Waals surface area contributed by atoms with Crippen LogP contribution in [-0.2, 0) is 0 Å². The van der Waals surface area contributed by atoms with Crippen LogP contribution in [0.3, 0.4) is 0 Å². The molecule has 0 heterocycles. The molecule has 0 rings (SSSR count). The first-order valence-corrected chi connectivity index (χ1v) is 3.84. The average Bonchev–Trinajstić information content (AvgIpc) is 1.85. The van der Waals surface area contributed by atoms with Crippen molar-refractivity contribution in [1.82, 2.24) is 10.9 Å². The normalized spacial score (nSPS) is 14.1. The van der Waals surface area contributed by atoms with E-state index in [0.717, 1.165) is 12.3 Å². The minimum Gasteiger partial charge on any atom is -0.315 e. The molecule has 3 heteroatoms. The van der Waals surface area contributed by atoms with Crippen molar-refractivity contribution in [2.45, 2.75) is 32.9 Å². The lowest BCUT2D eigenvalue weighted by molar-refractivity contribution is 0.407. The van der Waals surface area contributed by atoms with Crippen molar-refractivity contribution in [2.75, 3.05) is 7.05 Å². The summed E-state index contributed by atoms with van der Waals surface area (Å²) < 4.78 is 0. The van der Waals surface area contributed by atoms with E-state index in [9.17, 15) is 0 Å². The van der Waals surface area contributed by atoms with Gasteiger partial charge in [0.2, 0.25) is 0 Å². The molecule has 0 saturated heterocycles. The van der Waals surface area contributed by atoms with Gasteiger partial charge in [-0.25, -0.2) is 5.43 Å². The molecule has 0 aliphatic carbocycles. The fourth-order valence-electron chi connectivity index (χ4n) is 0.770. The minimum absolute atomic E-state index is 0.0902. The summed E-state index contributed by atoms with van der Waals surface area (Å²) in [5.74, 6) is 0.740. The second-order valence-corrected chi connectivity index (χ2v) is 2.97. The van der Waals surface area contributed by atoms with Crippen LogP contribution in [-0.4, -0.2) is 13.2 Å². The predicted octanol–water partition coefficient (Wildman–Crippen LogP) is 0.431. The van der Waals surface area contributed by atoms with E-state index >= 15 is 0 Å². The number of hydrazine groups is 1. The van der Waals surface area contributed by atoms with Gasteiger partial charge in [-0.05, 0) is 25.8 Å². The quantitative estimate of drug-likeness (QED) is 0.388. The van der Waals surface area contributed by atoms with Gasteiger partial charge in [0, 0.05) is 0 Å². The molecule has 0 aliphatic heterocycles. The van der Waals surface area contributed by atoms with Crippen molar-refractivity contribution in [1.29, 1.82) is 0 Å². The van der Waals surface area contributed by atoms with Gasteiger partial charge < -0.3 is 5.73 Å². The van der Waals surface area contributed by atoms with E-state index in [4.69, 9.17) is 5.73 Å². The van der Waals surface area contributed by atoms with Gasteiger partial charge in [0.15, 0.2) is 0 Å². The number of nitrogens with one attached hydrogen (secondary N) is 2. The lowest BCUT2D eigenvalue weighted by Gasteiger charge is -2.13. The molecule has 0 aromatic carbocycles. The lowest BCUT2D eigenvalue weighted by Crippen LogP contribution is -2.44. The third-order valence-corrected chi connectivity index (χ3v) is 1.38. The van der Waals surface area contributed by atoms with Crippen LogP contribution in [0.15, 0.2) is 0 Å².